The first-order valence-electron chi connectivity index (χ1n) is 3.26. The van der Waals surface area contributed by atoms with Gasteiger partial charge in [0.15, 0.2) is 0 Å². The number of pyridine rings is 1. The summed E-state index contributed by atoms with van der Waals surface area (Å²) in [7, 11) is 0. The normalized spacial score (nSPS) is 10.8. The van der Waals surface area contributed by atoms with Gasteiger partial charge < -0.3 is 0 Å². The SMILES string of the molecule is Clc1cnc2sc(CI)nc2c1. The Labute approximate surface area is 92.1 Å². The van der Waals surface area contributed by atoms with E-state index >= 15 is 0 Å². The van der Waals surface area contributed by atoms with Crippen molar-refractivity contribution >= 4 is 55.9 Å². The standard InChI is InChI=1S/C7H4ClIN2S/c8-4-1-5-7(10-3-4)12-6(2-9)11-5/h1,3H,2H2. The smallest absolute Gasteiger partial charge is 0.143 e. The number of thiazole rings is 1. The average Bonchev–Trinajstić information content (AvgIpc) is 2.46. The van der Waals surface area contributed by atoms with Crippen molar-refractivity contribution in [1.29, 1.82) is 0 Å². The van der Waals surface area contributed by atoms with Gasteiger partial charge in [0.1, 0.15) is 15.4 Å². The van der Waals surface area contributed by atoms with Crippen LogP contribution in [0.2, 0.25) is 5.02 Å². The maximum atomic E-state index is 5.77. The van der Waals surface area contributed by atoms with Gasteiger partial charge in [-0.25, -0.2) is 9.97 Å². The fourth-order valence-corrected chi connectivity index (χ4v) is 2.43. The molecule has 0 bridgehead atoms. The maximum Gasteiger partial charge on any atom is 0.143 e. The van der Waals surface area contributed by atoms with E-state index in [1.54, 1.807) is 17.5 Å². The molecular weight excluding hydrogens is 307 g/mol. The van der Waals surface area contributed by atoms with Crippen LogP contribution in [0.15, 0.2) is 12.3 Å². The molecular formula is C7H4ClIN2S. The largest absolute Gasteiger partial charge is 0.242 e. The molecule has 0 fully saturated rings. The maximum absolute atomic E-state index is 5.77. The van der Waals surface area contributed by atoms with Gasteiger partial charge >= 0.3 is 0 Å². The molecule has 2 rings (SSSR count). The molecule has 0 spiro atoms. The van der Waals surface area contributed by atoms with Crippen LogP contribution in [0.3, 0.4) is 0 Å². The van der Waals surface area contributed by atoms with Gasteiger partial charge in [0.2, 0.25) is 0 Å². The molecule has 62 valence electrons. The average molecular weight is 311 g/mol. The van der Waals surface area contributed by atoms with Crippen molar-refractivity contribution in [2.45, 2.75) is 4.43 Å². The van der Waals surface area contributed by atoms with Crippen LogP contribution in [0, 0.1) is 0 Å². The van der Waals surface area contributed by atoms with E-state index in [0.717, 1.165) is 19.8 Å². The molecule has 5 heteroatoms. The number of halogens is 2. The lowest BCUT2D eigenvalue weighted by atomic mass is 10.4. The van der Waals surface area contributed by atoms with Crippen molar-refractivity contribution in [2.24, 2.45) is 0 Å². The molecule has 0 N–H and O–H groups in total. The third kappa shape index (κ3) is 1.55. The van der Waals surface area contributed by atoms with Gasteiger partial charge in [0.05, 0.1) is 9.45 Å². The number of hydrogen-bond donors (Lipinski definition) is 0. The van der Waals surface area contributed by atoms with E-state index in [2.05, 4.69) is 32.6 Å². The summed E-state index contributed by atoms with van der Waals surface area (Å²) in [5.74, 6) is 0. The van der Waals surface area contributed by atoms with Gasteiger partial charge in [-0.3, -0.25) is 0 Å². The Morgan fingerprint density at radius 2 is 2.42 bits per heavy atom. The number of fused-ring (bicyclic) bond motifs is 1. The first-order chi connectivity index (χ1) is 5.79. The third-order valence-corrected chi connectivity index (χ3v) is 3.80. The zero-order valence-electron chi connectivity index (χ0n) is 5.92. The number of hydrogen-bond acceptors (Lipinski definition) is 3. The highest BCUT2D eigenvalue weighted by Gasteiger charge is 2.03. The highest BCUT2D eigenvalue weighted by atomic mass is 127. The molecule has 0 aliphatic carbocycles. The van der Waals surface area contributed by atoms with Gasteiger partial charge in [-0.15, -0.1) is 0 Å². The Hall–Kier alpha value is 0.0600. The van der Waals surface area contributed by atoms with Crippen LogP contribution in [-0.4, -0.2) is 9.97 Å². The van der Waals surface area contributed by atoms with Crippen LogP contribution in [0.4, 0.5) is 0 Å². The van der Waals surface area contributed by atoms with Crippen molar-refractivity contribution < 1.29 is 0 Å². The number of rotatable bonds is 1. The summed E-state index contributed by atoms with van der Waals surface area (Å²) in [5.41, 5.74) is 0.902. The second-order valence-electron chi connectivity index (χ2n) is 2.22. The van der Waals surface area contributed by atoms with E-state index in [4.69, 9.17) is 11.6 Å². The van der Waals surface area contributed by atoms with Gasteiger partial charge in [0, 0.05) is 6.20 Å². The first-order valence-corrected chi connectivity index (χ1v) is 5.98. The van der Waals surface area contributed by atoms with E-state index in [1.165, 1.54) is 0 Å². The van der Waals surface area contributed by atoms with Crippen molar-refractivity contribution in [3.63, 3.8) is 0 Å². The Bertz CT molecular complexity index is 415. The van der Waals surface area contributed by atoms with Crippen LogP contribution < -0.4 is 0 Å². The van der Waals surface area contributed by atoms with E-state index in [9.17, 15) is 0 Å². The van der Waals surface area contributed by atoms with Crippen molar-refractivity contribution in [3.05, 3.63) is 22.3 Å². The topological polar surface area (TPSA) is 25.8 Å². The summed E-state index contributed by atoms with van der Waals surface area (Å²) in [6.07, 6.45) is 1.65. The van der Waals surface area contributed by atoms with Crippen LogP contribution in [0.1, 0.15) is 5.01 Å². The lowest BCUT2D eigenvalue weighted by molar-refractivity contribution is 1.32. The molecule has 0 aliphatic rings. The Balaban J connectivity index is 2.67. The van der Waals surface area contributed by atoms with Crippen molar-refractivity contribution in [2.75, 3.05) is 0 Å². The summed E-state index contributed by atoms with van der Waals surface area (Å²) >= 11 is 9.67. The Morgan fingerprint density at radius 3 is 3.17 bits per heavy atom. The minimum absolute atomic E-state index is 0.646. The second-order valence-corrected chi connectivity index (χ2v) is 4.48. The third-order valence-electron chi connectivity index (χ3n) is 1.37. The Morgan fingerprint density at radius 1 is 1.58 bits per heavy atom. The number of aromatic nitrogens is 2. The molecule has 12 heavy (non-hydrogen) atoms. The molecule has 0 saturated heterocycles. The van der Waals surface area contributed by atoms with Crippen molar-refractivity contribution in [3.8, 4) is 0 Å². The molecule has 0 aliphatic heterocycles. The fourth-order valence-electron chi connectivity index (χ4n) is 0.901. The molecule has 2 nitrogen and oxygen atoms in total. The highest BCUT2D eigenvalue weighted by molar-refractivity contribution is 14.1. The molecule has 0 unspecified atom stereocenters. The van der Waals surface area contributed by atoms with Crippen LogP contribution in [0.5, 0.6) is 0 Å². The summed E-state index contributed by atoms with van der Waals surface area (Å²) in [4.78, 5) is 9.49. The molecule has 0 radical (unpaired) electrons. The molecule has 2 heterocycles. The first kappa shape index (κ1) is 8.65. The van der Waals surface area contributed by atoms with Gasteiger partial charge in [0.25, 0.3) is 0 Å². The predicted molar refractivity (Wildman–Crippen MR) is 60.1 cm³/mol. The van der Waals surface area contributed by atoms with E-state index < -0.39 is 0 Å². The lowest BCUT2D eigenvalue weighted by Gasteiger charge is -1.85. The minimum atomic E-state index is 0.646. The van der Waals surface area contributed by atoms with Crippen molar-refractivity contribution in [1.82, 2.24) is 9.97 Å². The molecule has 0 atom stereocenters. The van der Waals surface area contributed by atoms with E-state index in [1.807, 2.05) is 6.07 Å². The van der Waals surface area contributed by atoms with Gasteiger partial charge in [-0.05, 0) is 6.07 Å². The molecule has 0 saturated carbocycles. The summed E-state index contributed by atoms with van der Waals surface area (Å²) in [6.45, 7) is 0. The molecule has 2 aromatic rings. The van der Waals surface area contributed by atoms with Crippen LogP contribution in [0.25, 0.3) is 10.3 Å². The quantitative estimate of drug-likeness (QED) is 0.597. The number of alkyl halides is 1. The molecule has 0 aromatic carbocycles. The summed E-state index contributed by atoms with van der Waals surface area (Å²) in [5, 5.41) is 1.74. The van der Waals surface area contributed by atoms with Crippen LogP contribution in [-0.2, 0) is 4.43 Å². The zero-order chi connectivity index (χ0) is 8.55. The van der Waals surface area contributed by atoms with Gasteiger partial charge in [-0.1, -0.05) is 45.5 Å². The predicted octanol–water partition coefficient (Wildman–Crippen LogP) is 3.28. The summed E-state index contributed by atoms with van der Waals surface area (Å²) in [6, 6.07) is 1.84. The monoisotopic (exact) mass is 310 g/mol. The second kappa shape index (κ2) is 3.43. The minimum Gasteiger partial charge on any atom is -0.242 e. The number of nitrogens with zero attached hydrogens (tertiary/aromatic N) is 2. The van der Waals surface area contributed by atoms with E-state index in [0.29, 0.717) is 5.02 Å². The zero-order valence-corrected chi connectivity index (χ0v) is 9.65. The highest BCUT2D eigenvalue weighted by Crippen LogP contribution is 2.23. The molecule has 0 amide bonds. The fraction of sp³-hybridized carbons (Fsp3) is 0.143. The van der Waals surface area contributed by atoms with E-state index in [-0.39, 0.29) is 0 Å². The van der Waals surface area contributed by atoms with Gasteiger partial charge in [-0.2, -0.15) is 0 Å². The van der Waals surface area contributed by atoms with Crippen LogP contribution >= 0.6 is 45.5 Å². The lowest BCUT2D eigenvalue weighted by Crippen LogP contribution is -1.73. The molecule has 2 aromatic heterocycles. The summed E-state index contributed by atoms with van der Waals surface area (Å²) < 4.78 is 0.927. The Kier molecular flexibility index (Phi) is 2.47.